The van der Waals surface area contributed by atoms with Gasteiger partial charge in [-0.3, -0.25) is 0 Å². The van der Waals surface area contributed by atoms with E-state index in [1.165, 1.54) is 21.4 Å². The molecule has 1 fully saturated rings. The van der Waals surface area contributed by atoms with Gasteiger partial charge in [0.1, 0.15) is 0 Å². The van der Waals surface area contributed by atoms with Gasteiger partial charge in [-0.25, -0.2) is 26.6 Å². The Kier molecular flexibility index (Phi) is 5.29. The maximum Gasteiger partial charge on any atom is 0.262 e. The lowest BCUT2D eigenvalue weighted by molar-refractivity contribution is 0.447. The van der Waals surface area contributed by atoms with Crippen LogP contribution in [0, 0.1) is 17.5 Å². The smallest absolute Gasteiger partial charge is 0.262 e. The van der Waals surface area contributed by atoms with Crippen LogP contribution < -0.4 is 5.32 Å². The van der Waals surface area contributed by atoms with Crippen LogP contribution in [0.15, 0.2) is 60.0 Å². The highest BCUT2D eigenvalue weighted by Gasteiger charge is 2.41. The Morgan fingerprint density at radius 3 is 2.43 bits per heavy atom. The number of anilines is 1. The van der Waals surface area contributed by atoms with Gasteiger partial charge in [-0.05, 0) is 17.7 Å². The number of nitrogens with zero attached hydrogens (tertiary/aromatic N) is 3. The van der Waals surface area contributed by atoms with Crippen LogP contribution >= 0.6 is 0 Å². The van der Waals surface area contributed by atoms with Gasteiger partial charge in [-0.15, -0.1) is 0 Å². The molecule has 2 heterocycles. The first-order chi connectivity index (χ1) is 14.3. The predicted molar refractivity (Wildman–Crippen MR) is 105 cm³/mol. The van der Waals surface area contributed by atoms with E-state index >= 15 is 0 Å². The summed E-state index contributed by atoms with van der Waals surface area (Å²) in [6.07, 6.45) is 2.80. The monoisotopic (exact) mass is 436 g/mol. The minimum atomic E-state index is -3.88. The van der Waals surface area contributed by atoms with Crippen LogP contribution in [-0.2, 0) is 17.1 Å². The maximum atomic E-state index is 14.2. The van der Waals surface area contributed by atoms with E-state index in [2.05, 4.69) is 10.3 Å². The van der Waals surface area contributed by atoms with E-state index in [1.54, 1.807) is 7.05 Å². The molecule has 0 unspecified atom stereocenters. The zero-order chi connectivity index (χ0) is 21.5. The van der Waals surface area contributed by atoms with Gasteiger partial charge in [-0.1, -0.05) is 30.3 Å². The van der Waals surface area contributed by atoms with Crippen molar-refractivity contribution in [1.29, 1.82) is 0 Å². The number of aryl methyl sites for hydroxylation is 1. The highest BCUT2D eigenvalue weighted by atomic mass is 32.2. The van der Waals surface area contributed by atoms with Crippen molar-refractivity contribution in [2.75, 3.05) is 18.4 Å². The SMILES string of the molecule is Cn1cnc(S(=O)(=O)N2C[C@@H](Nc3ccc(F)c(F)c3F)[C@H](c3ccccc3)C2)c1. The second-order valence-electron chi connectivity index (χ2n) is 7.19. The topological polar surface area (TPSA) is 67.2 Å². The normalized spacial score (nSPS) is 19.9. The third-order valence-electron chi connectivity index (χ3n) is 5.18. The molecule has 158 valence electrons. The van der Waals surface area contributed by atoms with Gasteiger partial charge in [0.2, 0.25) is 0 Å². The zero-order valence-electron chi connectivity index (χ0n) is 16.0. The number of rotatable bonds is 5. The Labute approximate surface area is 172 Å². The van der Waals surface area contributed by atoms with Crippen LogP contribution in [0.3, 0.4) is 0 Å². The summed E-state index contributed by atoms with van der Waals surface area (Å²) in [5.74, 6) is -4.54. The Morgan fingerprint density at radius 2 is 1.77 bits per heavy atom. The van der Waals surface area contributed by atoms with E-state index in [0.29, 0.717) is 0 Å². The molecule has 1 saturated heterocycles. The molecule has 0 saturated carbocycles. The summed E-state index contributed by atoms with van der Waals surface area (Å²) in [7, 11) is -2.21. The molecule has 2 aromatic carbocycles. The lowest BCUT2D eigenvalue weighted by Gasteiger charge is -2.21. The van der Waals surface area contributed by atoms with Crippen molar-refractivity contribution in [2.24, 2.45) is 7.05 Å². The van der Waals surface area contributed by atoms with Gasteiger partial charge in [0.15, 0.2) is 22.5 Å². The molecule has 1 aromatic heterocycles. The van der Waals surface area contributed by atoms with Gasteiger partial charge in [0.05, 0.1) is 12.0 Å². The Bertz CT molecular complexity index is 1170. The Balaban J connectivity index is 1.68. The first-order valence-corrected chi connectivity index (χ1v) is 10.6. The molecule has 1 aliphatic rings. The largest absolute Gasteiger partial charge is 0.378 e. The molecule has 10 heteroatoms. The van der Waals surface area contributed by atoms with Crippen molar-refractivity contribution in [3.63, 3.8) is 0 Å². The lowest BCUT2D eigenvalue weighted by atomic mass is 9.94. The average Bonchev–Trinajstić information content (AvgIpc) is 3.36. The van der Waals surface area contributed by atoms with Crippen LogP contribution in [0.4, 0.5) is 18.9 Å². The van der Waals surface area contributed by atoms with Gasteiger partial charge >= 0.3 is 0 Å². The molecule has 0 spiro atoms. The molecule has 0 aliphatic carbocycles. The summed E-state index contributed by atoms with van der Waals surface area (Å²) >= 11 is 0. The van der Waals surface area contributed by atoms with Crippen molar-refractivity contribution < 1.29 is 21.6 Å². The molecule has 1 N–H and O–H groups in total. The van der Waals surface area contributed by atoms with Gasteiger partial charge in [-0.2, -0.15) is 4.31 Å². The van der Waals surface area contributed by atoms with Crippen LogP contribution in [-0.4, -0.2) is 41.4 Å². The quantitative estimate of drug-likeness (QED) is 0.625. The molecule has 0 radical (unpaired) electrons. The summed E-state index contributed by atoms with van der Waals surface area (Å²) in [6.45, 7) is 0.142. The number of sulfonamides is 1. The van der Waals surface area contributed by atoms with Crippen LogP contribution in [0.1, 0.15) is 11.5 Å². The number of benzene rings is 2. The number of hydrogen-bond acceptors (Lipinski definition) is 4. The maximum absolute atomic E-state index is 14.2. The third kappa shape index (κ3) is 3.68. The van der Waals surface area contributed by atoms with Crippen LogP contribution in [0.5, 0.6) is 0 Å². The van der Waals surface area contributed by atoms with Crippen molar-refractivity contribution in [2.45, 2.75) is 17.0 Å². The highest BCUT2D eigenvalue weighted by molar-refractivity contribution is 7.89. The summed E-state index contributed by atoms with van der Waals surface area (Å²) in [4.78, 5) is 3.94. The van der Waals surface area contributed by atoms with E-state index in [9.17, 15) is 21.6 Å². The van der Waals surface area contributed by atoms with Crippen molar-refractivity contribution in [3.8, 4) is 0 Å². The second-order valence-corrected chi connectivity index (χ2v) is 9.08. The number of nitrogens with one attached hydrogen (secondary N) is 1. The van der Waals surface area contributed by atoms with Gasteiger partial charge < -0.3 is 9.88 Å². The first kappa shape index (κ1) is 20.4. The molecule has 2 atom stereocenters. The minimum absolute atomic E-state index is 0.0108. The molecular formula is C20H19F3N4O2S. The van der Waals surface area contributed by atoms with Crippen LogP contribution in [0.25, 0.3) is 0 Å². The molecule has 0 amide bonds. The van der Waals surface area contributed by atoms with E-state index in [0.717, 1.165) is 17.7 Å². The fraction of sp³-hybridized carbons (Fsp3) is 0.250. The fourth-order valence-corrected chi connectivity index (χ4v) is 5.10. The van der Waals surface area contributed by atoms with E-state index in [4.69, 9.17) is 0 Å². The fourth-order valence-electron chi connectivity index (χ4n) is 3.64. The number of halogens is 3. The second kappa shape index (κ2) is 7.77. The molecule has 30 heavy (non-hydrogen) atoms. The Morgan fingerprint density at radius 1 is 1.03 bits per heavy atom. The summed E-state index contributed by atoms with van der Waals surface area (Å²) in [5, 5.41) is 2.78. The zero-order valence-corrected chi connectivity index (χ0v) is 16.8. The van der Waals surface area contributed by atoms with Gasteiger partial charge in [0, 0.05) is 38.3 Å². The molecule has 1 aliphatic heterocycles. The third-order valence-corrected chi connectivity index (χ3v) is 6.89. The Hall–Kier alpha value is -2.85. The molecular weight excluding hydrogens is 417 g/mol. The highest BCUT2D eigenvalue weighted by Crippen LogP contribution is 2.34. The number of aromatic nitrogens is 2. The van der Waals surface area contributed by atoms with E-state index in [1.807, 2.05) is 30.3 Å². The molecule has 0 bridgehead atoms. The van der Waals surface area contributed by atoms with Crippen molar-refractivity contribution in [3.05, 3.63) is 78.0 Å². The minimum Gasteiger partial charge on any atom is -0.378 e. The average molecular weight is 436 g/mol. The number of hydrogen-bond donors (Lipinski definition) is 1. The molecule has 4 rings (SSSR count). The summed E-state index contributed by atoms with van der Waals surface area (Å²) in [5.41, 5.74) is 0.619. The lowest BCUT2D eigenvalue weighted by Crippen LogP contribution is -2.32. The summed E-state index contributed by atoms with van der Waals surface area (Å²) < 4.78 is 70.0. The first-order valence-electron chi connectivity index (χ1n) is 9.20. The number of imidazole rings is 1. The molecule has 3 aromatic rings. The van der Waals surface area contributed by atoms with Gasteiger partial charge in [0.25, 0.3) is 10.0 Å². The van der Waals surface area contributed by atoms with Crippen molar-refractivity contribution >= 4 is 15.7 Å². The molecule has 6 nitrogen and oxygen atoms in total. The predicted octanol–water partition coefficient (Wildman–Crippen LogP) is 3.11. The van der Waals surface area contributed by atoms with Crippen molar-refractivity contribution in [1.82, 2.24) is 13.9 Å². The standard InChI is InChI=1S/C20H19F3N4O2S/c1-26-11-18(24-12-26)30(28,29)27-9-14(13-5-3-2-4-6-13)17(10-27)25-16-8-7-15(21)19(22)20(16)23/h2-8,11-12,14,17,25H,9-10H2,1H3/t14-,17+/m0/s1. The van der Waals surface area contributed by atoms with E-state index < -0.39 is 33.5 Å². The van der Waals surface area contributed by atoms with E-state index in [-0.39, 0.29) is 29.7 Å². The summed E-state index contributed by atoms with van der Waals surface area (Å²) in [6, 6.07) is 10.5. The van der Waals surface area contributed by atoms with Crippen LogP contribution in [0.2, 0.25) is 0 Å².